The lowest BCUT2D eigenvalue weighted by atomic mass is 10.0. The summed E-state index contributed by atoms with van der Waals surface area (Å²) in [5.74, 6) is 0.274. The molecule has 0 N–H and O–H groups in total. The van der Waals surface area contributed by atoms with Crippen molar-refractivity contribution < 1.29 is 18.6 Å². The number of rotatable bonds is 8. The van der Waals surface area contributed by atoms with Gasteiger partial charge in [0.15, 0.2) is 0 Å². The lowest BCUT2D eigenvalue weighted by molar-refractivity contribution is 0.300. The molecule has 0 saturated heterocycles. The van der Waals surface area contributed by atoms with Crippen LogP contribution >= 0.6 is 11.6 Å². The molecular formula is C29H22ClFN4O4. The first-order chi connectivity index (χ1) is 19.0. The van der Waals surface area contributed by atoms with Gasteiger partial charge < -0.3 is 14.2 Å². The standard InChI is InChI=1S/C29H22ClFN4O4/c1-37-27-25(15-33-29(34-27)38-2)20-12-24(28(36)35(16-20)22-7-5-9-32-14-22)19-10-21(30)13-23(11-19)39-17-18-6-3-4-8-26(18)31/h3-16H,17H2,1-2H3. The van der Waals surface area contributed by atoms with Crippen LogP contribution in [0.25, 0.3) is 27.9 Å². The molecule has 2 aromatic carbocycles. The Kier molecular flexibility index (Phi) is 7.51. The van der Waals surface area contributed by atoms with E-state index >= 15 is 0 Å². The van der Waals surface area contributed by atoms with Crippen LogP contribution in [0.5, 0.6) is 17.6 Å². The van der Waals surface area contributed by atoms with Crippen molar-refractivity contribution in [3.05, 3.63) is 112 Å². The van der Waals surface area contributed by atoms with Crippen LogP contribution in [-0.4, -0.2) is 33.7 Å². The molecule has 5 aromatic rings. The molecule has 0 bridgehead atoms. The highest BCUT2D eigenvalue weighted by Crippen LogP contribution is 2.33. The minimum atomic E-state index is -0.373. The summed E-state index contributed by atoms with van der Waals surface area (Å²) < 4.78 is 32.0. The molecule has 3 heterocycles. The number of aromatic nitrogens is 4. The second-order valence-corrected chi connectivity index (χ2v) is 8.80. The summed E-state index contributed by atoms with van der Waals surface area (Å²) in [6.07, 6.45) is 6.42. The van der Waals surface area contributed by atoms with Crippen molar-refractivity contribution in [3.63, 3.8) is 0 Å². The molecule has 0 amide bonds. The summed E-state index contributed by atoms with van der Waals surface area (Å²) >= 11 is 6.43. The van der Waals surface area contributed by atoms with Gasteiger partial charge in [0.05, 0.1) is 31.7 Å². The quantitative estimate of drug-likeness (QED) is 0.246. The summed E-state index contributed by atoms with van der Waals surface area (Å²) in [7, 11) is 2.94. The predicted molar refractivity (Wildman–Crippen MR) is 145 cm³/mol. The van der Waals surface area contributed by atoms with Crippen molar-refractivity contribution in [3.8, 4) is 45.6 Å². The van der Waals surface area contributed by atoms with Gasteiger partial charge in [-0.15, -0.1) is 0 Å². The van der Waals surface area contributed by atoms with E-state index < -0.39 is 0 Å². The van der Waals surface area contributed by atoms with Gasteiger partial charge in [0.2, 0.25) is 5.88 Å². The van der Waals surface area contributed by atoms with E-state index in [0.717, 1.165) is 0 Å². The van der Waals surface area contributed by atoms with E-state index in [1.54, 1.807) is 79.4 Å². The molecule has 0 aliphatic carbocycles. The third-order valence-electron chi connectivity index (χ3n) is 5.89. The van der Waals surface area contributed by atoms with Crippen molar-refractivity contribution in [1.82, 2.24) is 19.5 Å². The molecule has 0 radical (unpaired) electrons. The summed E-state index contributed by atoms with van der Waals surface area (Å²) in [4.78, 5) is 26.4. The molecule has 0 atom stereocenters. The van der Waals surface area contributed by atoms with Crippen molar-refractivity contribution in [2.45, 2.75) is 6.61 Å². The van der Waals surface area contributed by atoms with E-state index in [0.29, 0.717) is 44.3 Å². The van der Waals surface area contributed by atoms with E-state index in [-0.39, 0.29) is 29.9 Å². The SMILES string of the molecule is COc1ncc(-c2cc(-c3cc(Cl)cc(OCc4ccccc4F)c3)c(=O)n(-c3cccnc3)c2)c(OC)n1. The van der Waals surface area contributed by atoms with Crippen LogP contribution in [0.1, 0.15) is 5.56 Å². The highest BCUT2D eigenvalue weighted by molar-refractivity contribution is 6.31. The number of hydrogen-bond acceptors (Lipinski definition) is 7. The fourth-order valence-corrected chi connectivity index (χ4v) is 4.23. The Morgan fingerprint density at radius 2 is 1.79 bits per heavy atom. The maximum atomic E-state index is 14.1. The van der Waals surface area contributed by atoms with E-state index in [2.05, 4.69) is 15.0 Å². The van der Waals surface area contributed by atoms with Gasteiger partial charge in [-0.1, -0.05) is 29.8 Å². The molecule has 0 aliphatic heterocycles. The van der Waals surface area contributed by atoms with Crippen molar-refractivity contribution in [2.24, 2.45) is 0 Å². The van der Waals surface area contributed by atoms with Crippen molar-refractivity contribution in [2.75, 3.05) is 14.2 Å². The molecule has 5 rings (SSSR count). The number of benzene rings is 2. The minimum absolute atomic E-state index is 0.00714. The number of methoxy groups -OCH3 is 2. The zero-order chi connectivity index (χ0) is 27.4. The van der Waals surface area contributed by atoms with Crippen LogP contribution in [0, 0.1) is 5.82 Å². The average molecular weight is 545 g/mol. The third kappa shape index (κ3) is 5.58. The van der Waals surface area contributed by atoms with E-state index in [1.165, 1.54) is 24.9 Å². The molecule has 0 fully saturated rings. The van der Waals surface area contributed by atoms with Crippen LogP contribution in [0.2, 0.25) is 5.02 Å². The zero-order valence-corrected chi connectivity index (χ0v) is 21.7. The Balaban J connectivity index is 1.64. The lowest BCUT2D eigenvalue weighted by Gasteiger charge is -2.15. The summed E-state index contributed by atoms with van der Waals surface area (Å²) in [5, 5.41) is 0.346. The summed E-state index contributed by atoms with van der Waals surface area (Å²) in [6, 6.07) is 16.6. The average Bonchev–Trinajstić information content (AvgIpc) is 2.96. The number of ether oxygens (including phenoxy) is 3. The van der Waals surface area contributed by atoms with Gasteiger partial charge in [0, 0.05) is 40.3 Å². The van der Waals surface area contributed by atoms with Gasteiger partial charge in [0.25, 0.3) is 5.56 Å². The van der Waals surface area contributed by atoms with Crippen LogP contribution in [-0.2, 0) is 6.61 Å². The molecule has 3 aromatic heterocycles. The number of halogens is 2. The third-order valence-corrected chi connectivity index (χ3v) is 6.11. The van der Waals surface area contributed by atoms with E-state index in [1.807, 2.05) is 0 Å². The van der Waals surface area contributed by atoms with Gasteiger partial charge in [0.1, 0.15) is 18.2 Å². The lowest BCUT2D eigenvalue weighted by Crippen LogP contribution is -2.20. The smallest absolute Gasteiger partial charge is 0.319 e. The number of nitrogens with zero attached hydrogens (tertiary/aromatic N) is 4. The van der Waals surface area contributed by atoms with Crippen LogP contribution < -0.4 is 19.8 Å². The Morgan fingerprint density at radius 3 is 2.54 bits per heavy atom. The monoisotopic (exact) mass is 544 g/mol. The van der Waals surface area contributed by atoms with Gasteiger partial charge >= 0.3 is 6.01 Å². The fourth-order valence-electron chi connectivity index (χ4n) is 4.01. The molecule has 0 saturated carbocycles. The molecule has 0 aliphatic rings. The van der Waals surface area contributed by atoms with Crippen LogP contribution in [0.4, 0.5) is 4.39 Å². The highest BCUT2D eigenvalue weighted by atomic mass is 35.5. The zero-order valence-electron chi connectivity index (χ0n) is 21.0. The first kappa shape index (κ1) is 25.9. The fraction of sp³-hybridized carbons (Fsp3) is 0.103. The predicted octanol–water partition coefficient (Wildman–Crippen LogP) is 5.75. The normalized spacial score (nSPS) is 10.8. The largest absolute Gasteiger partial charge is 0.489 e. The van der Waals surface area contributed by atoms with Crippen LogP contribution in [0.15, 0.2) is 90.2 Å². The molecule has 8 nitrogen and oxygen atoms in total. The Labute approximate surface area is 228 Å². The van der Waals surface area contributed by atoms with E-state index in [9.17, 15) is 9.18 Å². The maximum Gasteiger partial charge on any atom is 0.319 e. The Bertz CT molecular complexity index is 1700. The number of hydrogen-bond donors (Lipinski definition) is 0. The van der Waals surface area contributed by atoms with Gasteiger partial charge in [-0.2, -0.15) is 4.98 Å². The molecule has 39 heavy (non-hydrogen) atoms. The molecule has 0 spiro atoms. The Morgan fingerprint density at radius 1 is 0.949 bits per heavy atom. The molecular weight excluding hydrogens is 523 g/mol. The van der Waals surface area contributed by atoms with Gasteiger partial charge in [-0.3, -0.25) is 14.3 Å². The molecule has 10 heteroatoms. The first-order valence-electron chi connectivity index (χ1n) is 11.8. The topological polar surface area (TPSA) is 88.4 Å². The van der Waals surface area contributed by atoms with Gasteiger partial charge in [-0.25, -0.2) is 9.37 Å². The highest BCUT2D eigenvalue weighted by Gasteiger charge is 2.17. The number of pyridine rings is 2. The second-order valence-electron chi connectivity index (χ2n) is 8.36. The van der Waals surface area contributed by atoms with E-state index in [4.69, 9.17) is 25.8 Å². The summed E-state index contributed by atoms with van der Waals surface area (Å²) in [5.41, 5.74) is 2.60. The van der Waals surface area contributed by atoms with Crippen molar-refractivity contribution >= 4 is 11.6 Å². The van der Waals surface area contributed by atoms with Gasteiger partial charge in [-0.05, 0) is 48.0 Å². The molecule has 196 valence electrons. The Hall–Kier alpha value is -4.76. The summed E-state index contributed by atoms with van der Waals surface area (Å²) in [6.45, 7) is -0.00714. The molecule has 0 unspecified atom stereocenters. The maximum absolute atomic E-state index is 14.1. The van der Waals surface area contributed by atoms with Crippen LogP contribution in [0.3, 0.4) is 0 Å². The first-order valence-corrected chi connectivity index (χ1v) is 12.1. The van der Waals surface area contributed by atoms with Crippen molar-refractivity contribution in [1.29, 1.82) is 0 Å². The minimum Gasteiger partial charge on any atom is -0.489 e. The second kappa shape index (κ2) is 11.3.